The van der Waals surface area contributed by atoms with Crippen LogP contribution in [0.5, 0.6) is 11.5 Å². The molecule has 0 saturated heterocycles. The van der Waals surface area contributed by atoms with E-state index in [1.54, 1.807) is 12.1 Å². The van der Waals surface area contributed by atoms with Crippen molar-refractivity contribution in [2.75, 3.05) is 20.3 Å². The first-order valence-electron chi connectivity index (χ1n) is 7.28. The molecule has 4 nitrogen and oxygen atoms in total. The van der Waals surface area contributed by atoms with Crippen molar-refractivity contribution in [3.05, 3.63) is 22.7 Å². The van der Waals surface area contributed by atoms with Gasteiger partial charge in [-0.05, 0) is 30.9 Å². The first-order chi connectivity index (χ1) is 9.99. The number of carbonyl (C=O) groups is 1. The topological polar surface area (TPSA) is 47.6 Å². The Kier molecular flexibility index (Phi) is 7.37. The molecule has 118 valence electrons. The number of hydrogen-bond acceptors (Lipinski definition) is 3. The number of rotatable bonds is 8. The molecule has 5 heteroatoms. The fourth-order valence-electron chi connectivity index (χ4n) is 1.73. The minimum atomic E-state index is -0.161. The smallest absolute Gasteiger partial charge is 0.251 e. The molecule has 1 aromatic rings. The lowest BCUT2D eigenvalue weighted by Crippen LogP contribution is -2.24. The van der Waals surface area contributed by atoms with Gasteiger partial charge in [0.2, 0.25) is 0 Å². The van der Waals surface area contributed by atoms with Crippen LogP contribution < -0.4 is 14.8 Å². The molecule has 1 amide bonds. The largest absolute Gasteiger partial charge is 0.493 e. The Hall–Kier alpha value is -1.42. The number of amides is 1. The maximum atomic E-state index is 12.0. The molecule has 1 aromatic carbocycles. The van der Waals surface area contributed by atoms with E-state index in [4.69, 9.17) is 21.1 Å². The molecule has 0 aliphatic heterocycles. The summed E-state index contributed by atoms with van der Waals surface area (Å²) in [6.07, 6.45) is 1.81. The number of nitrogens with one attached hydrogen (secondary N) is 1. The Balaban J connectivity index is 2.88. The van der Waals surface area contributed by atoms with Gasteiger partial charge in [0.15, 0.2) is 11.5 Å². The van der Waals surface area contributed by atoms with E-state index in [0.717, 1.165) is 12.8 Å². The average molecular weight is 314 g/mol. The second-order valence-electron chi connectivity index (χ2n) is 5.28. The Morgan fingerprint density at radius 1 is 1.38 bits per heavy atom. The number of halogens is 1. The van der Waals surface area contributed by atoms with Crippen molar-refractivity contribution >= 4 is 17.5 Å². The van der Waals surface area contributed by atoms with E-state index < -0.39 is 0 Å². The van der Waals surface area contributed by atoms with Crippen molar-refractivity contribution in [1.29, 1.82) is 0 Å². The lowest BCUT2D eigenvalue weighted by Gasteiger charge is -2.15. The summed E-state index contributed by atoms with van der Waals surface area (Å²) >= 11 is 6.22. The summed E-state index contributed by atoms with van der Waals surface area (Å²) in [6, 6.07) is 3.27. The van der Waals surface area contributed by atoms with Gasteiger partial charge < -0.3 is 14.8 Å². The summed E-state index contributed by atoms with van der Waals surface area (Å²) < 4.78 is 11.0. The van der Waals surface area contributed by atoms with Crippen LogP contribution in [-0.4, -0.2) is 26.2 Å². The summed E-state index contributed by atoms with van der Waals surface area (Å²) in [5.74, 6) is 1.36. The molecule has 0 aliphatic carbocycles. The summed E-state index contributed by atoms with van der Waals surface area (Å²) in [5, 5.41) is 3.20. The standard InChI is InChI=1S/C16H24ClNO3/c1-5-7-18-16(19)12-9-13(17)15(14(10-12)20-4)21-8-6-11(2)3/h9-11H,5-8H2,1-4H3,(H,18,19). The molecule has 21 heavy (non-hydrogen) atoms. The van der Waals surface area contributed by atoms with Gasteiger partial charge in [0.05, 0.1) is 18.7 Å². The van der Waals surface area contributed by atoms with E-state index in [2.05, 4.69) is 19.2 Å². The van der Waals surface area contributed by atoms with Crippen molar-refractivity contribution in [2.45, 2.75) is 33.6 Å². The monoisotopic (exact) mass is 313 g/mol. The Bertz CT molecular complexity index is 475. The van der Waals surface area contributed by atoms with Gasteiger partial charge in [-0.1, -0.05) is 32.4 Å². The molecule has 1 rings (SSSR count). The SMILES string of the molecule is CCCNC(=O)c1cc(Cl)c(OCCC(C)C)c(OC)c1. The van der Waals surface area contributed by atoms with Crippen LogP contribution in [0.15, 0.2) is 12.1 Å². The van der Waals surface area contributed by atoms with Gasteiger partial charge in [0.25, 0.3) is 5.91 Å². The highest BCUT2D eigenvalue weighted by Crippen LogP contribution is 2.36. The van der Waals surface area contributed by atoms with E-state index in [1.165, 1.54) is 7.11 Å². The van der Waals surface area contributed by atoms with Gasteiger partial charge in [-0.25, -0.2) is 0 Å². The number of ether oxygens (including phenoxy) is 2. The molecule has 1 N–H and O–H groups in total. The fourth-order valence-corrected chi connectivity index (χ4v) is 1.99. The van der Waals surface area contributed by atoms with Crippen molar-refractivity contribution in [3.63, 3.8) is 0 Å². The molecule has 0 spiro atoms. The summed E-state index contributed by atoms with van der Waals surface area (Å²) in [5.41, 5.74) is 0.474. The second kappa shape index (κ2) is 8.78. The van der Waals surface area contributed by atoms with Gasteiger partial charge in [0, 0.05) is 12.1 Å². The Labute approximate surface area is 131 Å². The molecule has 0 saturated carbocycles. The molecule has 0 fully saturated rings. The summed E-state index contributed by atoms with van der Waals surface area (Å²) in [4.78, 5) is 12.0. The highest BCUT2D eigenvalue weighted by Gasteiger charge is 2.15. The van der Waals surface area contributed by atoms with Crippen molar-refractivity contribution in [2.24, 2.45) is 5.92 Å². The molecule has 0 aromatic heterocycles. The molecule has 0 atom stereocenters. The minimum Gasteiger partial charge on any atom is -0.493 e. The third-order valence-corrected chi connectivity index (χ3v) is 3.25. The number of methoxy groups -OCH3 is 1. The number of benzene rings is 1. The summed E-state index contributed by atoms with van der Waals surface area (Å²) in [7, 11) is 1.54. The zero-order valence-electron chi connectivity index (χ0n) is 13.2. The fraction of sp³-hybridized carbons (Fsp3) is 0.562. The Morgan fingerprint density at radius 2 is 2.10 bits per heavy atom. The minimum absolute atomic E-state index is 0.161. The zero-order valence-corrected chi connectivity index (χ0v) is 13.9. The average Bonchev–Trinajstić information content (AvgIpc) is 2.45. The van der Waals surface area contributed by atoms with Crippen LogP contribution in [0, 0.1) is 5.92 Å². The zero-order chi connectivity index (χ0) is 15.8. The van der Waals surface area contributed by atoms with E-state index >= 15 is 0 Å². The van der Waals surface area contributed by atoms with Crippen LogP contribution in [0.1, 0.15) is 44.0 Å². The first kappa shape index (κ1) is 17.6. The molecule has 0 heterocycles. The predicted molar refractivity (Wildman–Crippen MR) is 85.6 cm³/mol. The van der Waals surface area contributed by atoms with Gasteiger partial charge in [0.1, 0.15) is 0 Å². The van der Waals surface area contributed by atoms with Crippen LogP contribution in [0.3, 0.4) is 0 Å². The molecule has 0 radical (unpaired) electrons. The molecule has 0 bridgehead atoms. The summed E-state index contributed by atoms with van der Waals surface area (Å²) in [6.45, 7) is 7.45. The van der Waals surface area contributed by atoms with Gasteiger partial charge in [-0.2, -0.15) is 0 Å². The van der Waals surface area contributed by atoms with Crippen molar-refractivity contribution < 1.29 is 14.3 Å². The van der Waals surface area contributed by atoms with Crippen LogP contribution in [-0.2, 0) is 0 Å². The lowest BCUT2D eigenvalue weighted by molar-refractivity contribution is 0.0953. The van der Waals surface area contributed by atoms with Crippen LogP contribution in [0.4, 0.5) is 0 Å². The normalized spacial score (nSPS) is 10.6. The van der Waals surface area contributed by atoms with Gasteiger partial charge in [-0.15, -0.1) is 0 Å². The molecule has 0 unspecified atom stereocenters. The second-order valence-corrected chi connectivity index (χ2v) is 5.68. The third kappa shape index (κ3) is 5.46. The Morgan fingerprint density at radius 3 is 2.67 bits per heavy atom. The van der Waals surface area contributed by atoms with Gasteiger partial charge in [-0.3, -0.25) is 4.79 Å². The van der Waals surface area contributed by atoms with Crippen LogP contribution >= 0.6 is 11.6 Å². The highest BCUT2D eigenvalue weighted by molar-refractivity contribution is 6.32. The number of carbonyl (C=O) groups excluding carboxylic acids is 1. The van der Waals surface area contributed by atoms with Gasteiger partial charge >= 0.3 is 0 Å². The maximum Gasteiger partial charge on any atom is 0.251 e. The van der Waals surface area contributed by atoms with Crippen molar-refractivity contribution in [3.8, 4) is 11.5 Å². The first-order valence-corrected chi connectivity index (χ1v) is 7.65. The van der Waals surface area contributed by atoms with E-state index in [1.807, 2.05) is 6.92 Å². The quantitative estimate of drug-likeness (QED) is 0.791. The molecular weight excluding hydrogens is 290 g/mol. The van der Waals surface area contributed by atoms with E-state index in [-0.39, 0.29) is 5.91 Å². The molecular formula is C16H24ClNO3. The predicted octanol–water partition coefficient (Wildman–Crippen LogP) is 3.91. The van der Waals surface area contributed by atoms with E-state index in [9.17, 15) is 4.79 Å². The maximum absolute atomic E-state index is 12.0. The van der Waals surface area contributed by atoms with Crippen LogP contribution in [0.2, 0.25) is 5.02 Å². The van der Waals surface area contributed by atoms with Crippen molar-refractivity contribution in [1.82, 2.24) is 5.32 Å². The van der Waals surface area contributed by atoms with E-state index in [0.29, 0.717) is 41.2 Å². The lowest BCUT2D eigenvalue weighted by atomic mass is 10.1. The molecule has 0 aliphatic rings. The van der Waals surface area contributed by atoms with Crippen LogP contribution in [0.25, 0.3) is 0 Å². The number of hydrogen-bond donors (Lipinski definition) is 1. The third-order valence-electron chi connectivity index (χ3n) is 2.97. The highest BCUT2D eigenvalue weighted by atomic mass is 35.5.